The van der Waals surface area contributed by atoms with Crippen LogP contribution in [0.15, 0.2) is 35.0 Å². The third kappa shape index (κ3) is 3.17. The molecule has 0 fully saturated rings. The second-order valence-corrected chi connectivity index (χ2v) is 4.55. The van der Waals surface area contributed by atoms with Gasteiger partial charge < -0.3 is 9.73 Å². The standard InChI is InChI=1S/C14H18N2O/c1-10(2)16-9-13-4-5-14(17-13)12-6-11(3)7-15-8-12/h4-8,10,16H,9H2,1-3H3. The second kappa shape index (κ2) is 5.15. The minimum absolute atomic E-state index is 0.462. The van der Waals surface area contributed by atoms with E-state index in [0.717, 1.165) is 29.2 Å². The van der Waals surface area contributed by atoms with Crippen molar-refractivity contribution in [3.8, 4) is 11.3 Å². The zero-order chi connectivity index (χ0) is 12.3. The molecule has 0 aliphatic carbocycles. The zero-order valence-corrected chi connectivity index (χ0v) is 10.5. The number of pyridine rings is 1. The van der Waals surface area contributed by atoms with Crippen molar-refractivity contribution in [2.24, 2.45) is 0 Å². The van der Waals surface area contributed by atoms with E-state index in [2.05, 4.69) is 30.2 Å². The van der Waals surface area contributed by atoms with Crippen molar-refractivity contribution in [1.82, 2.24) is 10.3 Å². The highest BCUT2D eigenvalue weighted by molar-refractivity contribution is 5.56. The molecule has 0 radical (unpaired) electrons. The maximum Gasteiger partial charge on any atom is 0.135 e. The zero-order valence-electron chi connectivity index (χ0n) is 10.5. The van der Waals surface area contributed by atoms with Gasteiger partial charge in [0.1, 0.15) is 11.5 Å². The quantitative estimate of drug-likeness (QED) is 0.876. The van der Waals surface area contributed by atoms with E-state index in [1.807, 2.05) is 31.5 Å². The van der Waals surface area contributed by atoms with Crippen molar-refractivity contribution >= 4 is 0 Å². The van der Waals surface area contributed by atoms with Gasteiger partial charge in [0.25, 0.3) is 0 Å². The van der Waals surface area contributed by atoms with E-state index in [4.69, 9.17) is 4.42 Å². The predicted molar refractivity (Wildman–Crippen MR) is 68.7 cm³/mol. The molecule has 0 aliphatic rings. The normalized spacial score (nSPS) is 11.1. The molecule has 2 heterocycles. The van der Waals surface area contributed by atoms with E-state index >= 15 is 0 Å². The lowest BCUT2D eigenvalue weighted by Crippen LogP contribution is -2.21. The molecule has 0 unspecified atom stereocenters. The summed E-state index contributed by atoms with van der Waals surface area (Å²) in [5, 5.41) is 3.33. The average Bonchev–Trinajstić information content (AvgIpc) is 2.75. The third-order valence-electron chi connectivity index (χ3n) is 2.51. The van der Waals surface area contributed by atoms with Crippen molar-refractivity contribution < 1.29 is 4.42 Å². The van der Waals surface area contributed by atoms with Crippen LogP contribution in [0, 0.1) is 6.92 Å². The molecule has 0 aromatic carbocycles. The minimum Gasteiger partial charge on any atom is -0.460 e. The fourth-order valence-electron chi connectivity index (χ4n) is 1.62. The van der Waals surface area contributed by atoms with Crippen molar-refractivity contribution in [2.45, 2.75) is 33.4 Å². The summed E-state index contributed by atoms with van der Waals surface area (Å²) in [5.41, 5.74) is 2.17. The van der Waals surface area contributed by atoms with Crippen LogP contribution in [0.4, 0.5) is 0 Å². The van der Waals surface area contributed by atoms with Gasteiger partial charge in [0.05, 0.1) is 6.54 Å². The average molecular weight is 230 g/mol. The van der Waals surface area contributed by atoms with Crippen LogP contribution in [0.2, 0.25) is 0 Å². The second-order valence-electron chi connectivity index (χ2n) is 4.55. The maximum atomic E-state index is 5.77. The molecule has 90 valence electrons. The molecule has 2 rings (SSSR count). The molecule has 1 N–H and O–H groups in total. The van der Waals surface area contributed by atoms with Crippen molar-refractivity contribution in [3.63, 3.8) is 0 Å². The first-order valence-corrected chi connectivity index (χ1v) is 5.89. The Balaban J connectivity index is 2.12. The topological polar surface area (TPSA) is 38.1 Å². The molecule has 0 aliphatic heterocycles. The number of aromatic nitrogens is 1. The smallest absolute Gasteiger partial charge is 0.135 e. The van der Waals surface area contributed by atoms with Crippen LogP contribution in [0.5, 0.6) is 0 Å². The number of hydrogen-bond acceptors (Lipinski definition) is 3. The van der Waals surface area contributed by atoms with Gasteiger partial charge in [-0.3, -0.25) is 4.98 Å². The monoisotopic (exact) mass is 230 g/mol. The summed E-state index contributed by atoms with van der Waals surface area (Å²) < 4.78 is 5.77. The molecular formula is C14H18N2O. The van der Waals surface area contributed by atoms with Gasteiger partial charge in [-0.05, 0) is 30.7 Å². The fraction of sp³-hybridized carbons (Fsp3) is 0.357. The van der Waals surface area contributed by atoms with E-state index in [9.17, 15) is 0 Å². The number of nitrogens with one attached hydrogen (secondary N) is 1. The van der Waals surface area contributed by atoms with Gasteiger partial charge in [-0.25, -0.2) is 0 Å². The summed E-state index contributed by atoms with van der Waals surface area (Å²) in [5.74, 6) is 1.83. The van der Waals surface area contributed by atoms with Crippen molar-refractivity contribution in [1.29, 1.82) is 0 Å². The Bertz CT molecular complexity index is 488. The Morgan fingerprint density at radius 3 is 2.82 bits per heavy atom. The number of rotatable bonds is 4. The maximum absolute atomic E-state index is 5.77. The van der Waals surface area contributed by atoms with Crippen molar-refractivity contribution in [2.75, 3.05) is 0 Å². The molecule has 17 heavy (non-hydrogen) atoms. The fourth-order valence-corrected chi connectivity index (χ4v) is 1.62. The predicted octanol–water partition coefficient (Wildman–Crippen LogP) is 3.15. The van der Waals surface area contributed by atoms with Crippen LogP contribution >= 0.6 is 0 Å². The van der Waals surface area contributed by atoms with E-state index in [1.165, 1.54) is 0 Å². The van der Waals surface area contributed by atoms with Gasteiger partial charge >= 0.3 is 0 Å². The Hall–Kier alpha value is -1.61. The van der Waals surface area contributed by atoms with Crippen LogP contribution in [-0.2, 0) is 6.54 Å². The highest BCUT2D eigenvalue weighted by atomic mass is 16.3. The highest BCUT2D eigenvalue weighted by Crippen LogP contribution is 2.22. The molecule has 0 saturated carbocycles. The van der Waals surface area contributed by atoms with Crippen molar-refractivity contribution in [3.05, 3.63) is 41.9 Å². The number of aryl methyl sites for hydroxylation is 1. The molecule has 3 nitrogen and oxygen atoms in total. The molecule has 0 atom stereocenters. The largest absolute Gasteiger partial charge is 0.460 e. The summed E-state index contributed by atoms with van der Waals surface area (Å²) in [6.45, 7) is 7.03. The number of hydrogen-bond donors (Lipinski definition) is 1. The van der Waals surface area contributed by atoms with Crippen LogP contribution in [0.25, 0.3) is 11.3 Å². The van der Waals surface area contributed by atoms with Crippen LogP contribution in [-0.4, -0.2) is 11.0 Å². The molecule has 0 bridgehead atoms. The number of nitrogens with zero attached hydrogens (tertiary/aromatic N) is 1. The molecule has 2 aromatic rings. The summed E-state index contributed by atoms with van der Waals surface area (Å²) in [6.07, 6.45) is 3.67. The molecule has 0 spiro atoms. The molecule has 2 aromatic heterocycles. The first-order chi connectivity index (χ1) is 8.15. The van der Waals surface area contributed by atoms with E-state index in [-0.39, 0.29) is 0 Å². The Morgan fingerprint density at radius 2 is 2.12 bits per heavy atom. The van der Waals surface area contributed by atoms with E-state index < -0.39 is 0 Å². The van der Waals surface area contributed by atoms with E-state index in [1.54, 1.807) is 0 Å². The molecular weight excluding hydrogens is 212 g/mol. The number of furan rings is 1. The van der Waals surface area contributed by atoms with Gasteiger partial charge in [-0.15, -0.1) is 0 Å². The minimum atomic E-state index is 0.462. The molecule has 0 amide bonds. The van der Waals surface area contributed by atoms with Gasteiger partial charge in [0.15, 0.2) is 0 Å². The Labute approximate surface area is 102 Å². The van der Waals surface area contributed by atoms with E-state index in [0.29, 0.717) is 6.04 Å². The van der Waals surface area contributed by atoms with Crippen LogP contribution in [0.1, 0.15) is 25.2 Å². The SMILES string of the molecule is Cc1cncc(-c2ccc(CNC(C)C)o2)c1. The first kappa shape index (κ1) is 11.9. The van der Waals surface area contributed by atoms with Gasteiger partial charge in [0, 0.05) is 24.0 Å². The lowest BCUT2D eigenvalue weighted by Gasteiger charge is -2.05. The van der Waals surface area contributed by atoms with Crippen LogP contribution in [0.3, 0.4) is 0 Å². The Morgan fingerprint density at radius 1 is 1.29 bits per heavy atom. The van der Waals surface area contributed by atoms with Gasteiger partial charge in [-0.2, -0.15) is 0 Å². The summed E-state index contributed by atoms with van der Waals surface area (Å²) in [6, 6.07) is 6.54. The lowest BCUT2D eigenvalue weighted by molar-refractivity contribution is 0.473. The molecule has 3 heteroatoms. The van der Waals surface area contributed by atoms with Crippen LogP contribution < -0.4 is 5.32 Å². The highest BCUT2D eigenvalue weighted by Gasteiger charge is 2.05. The summed E-state index contributed by atoms with van der Waals surface area (Å²) in [7, 11) is 0. The first-order valence-electron chi connectivity index (χ1n) is 5.89. The third-order valence-corrected chi connectivity index (χ3v) is 2.51. The Kier molecular flexibility index (Phi) is 3.59. The lowest BCUT2D eigenvalue weighted by atomic mass is 10.2. The van der Waals surface area contributed by atoms with Gasteiger partial charge in [-0.1, -0.05) is 13.8 Å². The molecule has 0 saturated heterocycles. The van der Waals surface area contributed by atoms with Gasteiger partial charge in [0.2, 0.25) is 0 Å². The summed E-state index contributed by atoms with van der Waals surface area (Å²) >= 11 is 0. The summed E-state index contributed by atoms with van der Waals surface area (Å²) in [4.78, 5) is 4.17.